The molecule has 2 aliphatic heterocycles. The van der Waals surface area contributed by atoms with Crippen LogP contribution in [-0.2, 0) is 11.2 Å². The van der Waals surface area contributed by atoms with Crippen LogP contribution in [0.5, 0.6) is 0 Å². The highest BCUT2D eigenvalue weighted by Crippen LogP contribution is 2.44. The minimum atomic E-state index is -0.598. The van der Waals surface area contributed by atoms with Gasteiger partial charge in [-0.1, -0.05) is 11.5 Å². The molecule has 0 aromatic heterocycles. The summed E-state index contributed by atoms with van der Waals surface area (Å²) in [4.78, 5) is 28.3. The summed E-state index contributed by atoms with van der Waals surface area (Å²) in [7, 11) is 0. The summed E-state index contributed by atoms with van der Waals surface area (Å²) in [5.74, 6) is 4.48. The number of piperidine rings is 1. The number of likely N-dealkylation sites (tertiary alicyclic amines) is 1. The molecule has 2 heterocycles. The van der Waals surface area contributed by atoms with Gasteiger partial charge in [0.2, 0.25) is 5.91 Å². The molecule has 2 N–H and O–H groups in total. The van der Waals surface area contributed by atoms with E-state index >= 15 is 4.39 Å². The average Bonchev–Trinajstić information content (AvgIpc) is 3.23. The normalized spacial score (nSPS) is 22.9. The molecule has 1 aliphatic carbocycles. The van der Waals surface area contributed by atoms with E-state index in [4.69, 9.17) is 5.73 Å². The number of nitrogens with two attached hydrogens (primary N) is 1. The molecule has 1 aromatic rings. The van der Waals surface area contributed by atoms with E-state index in [0.29, 0.717) is 37.7 Å². The molecule has 0 saturated carbocycles. The molecule has 0 radical (unpaired) electrons. The molecule has 29 heavy (non-hydrogen) atoms. The van der Waals surface area contributed by atoms with E-state index in [9.17, 15) is 9.59 Å². The lowest BCUT2D eigenvalue weighted by molar-refractivity contribution is -0.129. The average molecular weight is 395 g/mol. The molecule has 4 rings (SSSR count). The van der Waals surface area contributed by atoms with E-state index in [1.54, 1.807) is 6.92 Å². The summed E-state index contributed by atoms with van der Waals surface area (Å²) in [5, 5.41) is 0. The lowest BCUT2D eigenvalue weighted by Gasteiger charge is -2.35. The van der Waals surface area contributed by atoms with Crippen LogP contribution < -0.4 is 10.6 Å². The number of anilines is 1. The number of fused-ring (bicyclic) bond motifs is 2. The molecule has 5 nitrogen and oxygen atoms in total. The Morgan fingerprint density at radius 2 is 2.03 bits per heavy atom. The predicted octanol–water partition coefficient (Wildman–Crippen LogP) is 2.72. The second kappa shape index (κ2) is 7.22. The van der Waals surface area contributed by atoms with Crippen molar-refractivity contribution in [1.82, 2.24) is 4.90 Å². The molecule has 2 saturated heterocycles. The molecule has 2 fully saturated rings. The van der Waals surface area contributed by atoms with Crippen LogP contribution in [0.4, 0.5) is 10.1 Å². The second-order valence-corrected chi connectivity index (χ2v) is 8.30. The number of benzene rings is 1. The molecule has 0 spiro atoms. The first-order valence-electron chi connectivity index (χ1n) is 10.1. The number of hydrogen-bond donors (Lipinski definition) is 1. The Hall–Kier alpha value is -2.81. The largest absolute Gasteiger partial charge is 0.366 e. The zero-order valence-corrected chi connectivity index (χ0v) is 17.1. The van der Waals surface area contributed by atoms with Crippen LogP contribution in [0.15, 0.2) is 11.6 Å². The number of hydrogen-bond acceptors (Lipinski definition) is 3. The van der Waals surface area contributed by atoms with Crippen LogP contribution in [0.25, 0.3) is 5.57 Å². The van der Waals surface area contributed by atoms with Crippen LogP contribution in [-0.4, -0.2) is 42.4 Å². The molecular weight excluding hydrogens is 369 g/mol. The summed E-state index contributed by atoms with van der Waals surface area (Å²) in [5.41, 5.74) is 10.1. The fraction of sp³-hybridized carbons (Fsp3) is 0.478. The highest BCUT2D eigenvalue weighted by molar-refractivity contribution is 5.99. The Balaban J connectivity index is 1.75. The van der Waals surface area contributed by atoms with Gasteiger partial charge >= 0.3 is 0 Å². The van der Waals surface area contributed by atoms with Gasteiger partial charge in [-0.25, -0.2) is 4.39 Å². The Morgan fingerprint density at radius 3 is 2.72 bits per heavy atom. The van der Waals surface area contributed by atoms with E-state index in [1.165, 1.54) is 6.07 Å². The molecule has 2 unspecified atom stereocenters. The Bertz CT molecular complexity index is 1000. The fourth-order valence-electron chi connectivity index (χ4n) is 5.20. The third-order valence-corrected chi connectivity index (χ3v) is 6.67. The lowest BCUT2D eigenvalue weighted by atomic mass is 9.92. The lowest BCUT2D eigenvalue weighted by Crippen LogP contribution is -2.48. The number of halogens is 1. The summed E-state index contributed by atoms with van der Waals surface area (Å²) in [6.07, 6.45) is 2.57. The van der Waals surface area contributed by atoms with Crippen LogP contribution >= 0.6 is 0 Å². The summed E-state index contributed by atoms with van der Waals surface area (Å²) in [6, 6.07) is 1.32. The first-order valence-corrected chi connectivity index (χ1v) is 10.1. The van der Waals surface area contributed by atoms with Crippen molar-refractivity contribution in [2.24, 2.45) is 11.7 Å². The SMILES string of the molecule is CC#CC(=O)N1CCCC2CN(c3c(F)cc(C(N)=O)c4c3C(C)=C(C)C4)CC21. The van der Waals surface area contributed by atoms with E-state index in [1.807, 2.05) is 18.7 Å². The minimum Gasteiger partial charge on any atom is -0.366 e. The van der Waals surface area contributed by atoms with Gasteiger partial charge in [-0.15, -0.1) is 0 Å². The second-order valence-electron chi connectivity index (χ2n) is 8.30. The highest BCUT2D eigenvalue weighted by atomic mass is 19.1. The van der Waals surface area contributed by atoms with Gasteiger partial charge in [0.05, 0.1) is 11.7 Å². The first-order chi connectivity index (χ1) is 13.8. The van der Waals surface area contributed by atoms with Crippen molar-refractivity contribution in [1.29, 1.82) is 0 Å². The quantitative estimate of drug-likeness (QED) is 0.783. The third-order valence-electron chi connectivity index (χ3n) is 6.67. The number of amides is 2. The number of carbonyl (C=O) groups is 2. The van der Waals surface area contributed by atoms with Crippen LogP contribution in [0.1, 0.15) is 55.1 Å². The molecule has 3 aliphatic rings. The number of nitrogens with zero attached hydrogens (tertiary/aromatic N) is 2. The van der Waals surface area contributed by atoms with Crippen molar-refractivity contribution in [3.8, 4) is 11.8 Å². The molecule has 152 valence electrons. The van der Waals surface area contributed by atoms with Crippen molar-refractivity contribution in [2.75, 3.05) is 24.5 Å². The minimum absolute atomic E-state index is 0.0368. The maximum atomic E-state index is 15.3. The molecular formula is C23H26FN3O2. The number of primary amides is 1. The third kappa shape index (κ3) is 3.09. The summed E-state index contributed by atoms with van der Waals surface area (Å²) < 4.78 is 15.3. The summed E-state index contributed by atoms with van der Waals surface area (Å²) in [6.45, 7) is 7.62. The number of allylic oxidation sites excluding steroid dienone is 2. The molecule has 2 amide bonds. The predicted molar refractivity (Wildman–Crippen MR) is 111 cm³/mol. The highest BCUT2D eigenvalue weighted by Gasteiger charge is 2.42. The van der Waals surface area contributed by atoms with Crippen molar-refractivity contribution in [3.63, 3.8) is 0 Å². The Labute approximate surface area is 170 Å². The standard InChI is InChI=1S/C23H26FN3O2/c1-4-6-20(28)27-8-5-7-15-11-26(12-19(15)27)22-18(24)10-17(23(25)29)16-9-13(2)14(3)21(16)22/h10,15,19H,5,7-9,11-12H2,1-3H3,(H2,25,29). The van der Waals surface area contributed by atoms with E-state index in [2.05, 4.69) is 16.7 Å². The van der Waals surface area contributed by atoms with Gasteiger partial charge in [0, 0.05) is 30.8 Å². The van der Waals surface area contributed by atoms with Crippen molar-refractivity contribution < 1.29 is 14.0 Å². The van der Waals surface area contributed by atoms with Crippen LogP contribution in [0.2, 0.25) is 0 Å². The molecule has 2 atom stereocenters. The first kappa shape index (κ1) is 19.5. The smallest absolute Gasteiger partial charge is 0.298 e. The maximum Gasteiger partial charge on any atom is 0.298 e. The van der Waals surface area contributed by atoms with E-state index < -0.39 is 11.7 Å². The van der Waals surface area contributed by atoms with Crippen molar-refractivity contribution >= 4 is 23.1 Å². The maximum absolute atomic E-state index is 15.3. The van der Waals surface area contributed by atoms with Gasteiger partial charge in [-0.3, -0.25) is 9.59 Å². The summed E-state index contributed by atoms with van der Waals surface area (Å²) >= 11 is 0. The number of carbonyl (C=O) groups excluding carboxylic acids is 2. The monoisotopic (exact) mass is 395 g/mol. The fourth-order valence-corrected chi connectivity index (χ4v) is 5.20. The van der Waals surface area contributed by atoms with Gasteiger partial charge in [0.15, 0.2) is 0 Å². The zero-order chi connectivity index (χ0) is 20.9. The molecule has 0 bridgehead atoms. The van der Waals surface area contributed by atoms with Gasteiger partial charge in [-0.05, 0) is 69.1 Å². The van der Waals surface area contributed by atoms with Crippen molar-refractivity contribution in [3.05, 3.63) is 34.1 Å². The van der Waals surface area contributed by atoms with Crippen LogP contribution in [0.3, 0.4) is 0 Å². The van der Waals surface area contributed by atoms with Gasteiger partial charge in [-0.2, -0.15) is 0 Å². The van der Waals surface area contributed by atoms with E-state index in [-0.39, 0.29) is 17.5 Å². The van der Waals surface area contributed by atoms with E-state index in [0.717, 1.165) is 35.1 Å². The zero-order valence-electron chi connectivity index (χ0n) is 17.1. The van der Waals surface area contributed by atoms with Crippen LogP contribution in [0, 0.1) is 23.6 Å². The van der Waals surface area contributed by atoms with Gasteiger partial charge in [0.1, 0.15) is 5.82 Å². The van der Waals surface area contributed by atoms with Gasteiger partial charge in [0.25, 0.3) is 5.91 Å². The van der Waals surface area contributed by atoms with Gasteiger partial charge < -0.3 is 15.5 Å². The topological polar surface area (TPSA) is 66.6 Å². The van der Waals surface area contributed by atoms with Crippen molar-refractivity contribution in [2.45, 2.75) is 46.1 Å². The Kier molecular flexibility index (Phi) is 4.85. The molecule has 6 heteroatoms. The Morgan fingerprint density at radius 1 is 1.28 bits per heavy atom. The number of rotatable bonds is 2. The molecule has 1 aromatic carbocycles.